The first-order valence-electron chi connectivity index (χ1n) is 9.30. The van der Waals surface area contributed by atoms with Crippen molar-refractivity contribution in [3.05, 3.63) is 59.3 Å². The molecule has 1 fully saturated rings. The van der Waals surface area contributed by atoms with Gasteiger partial charge in [-0.1, -0.05) is 12.1 Å². The summed E-state index contributed by atoms with van der Waals surface area (Å²) in [7, 11) is 0. The van der Waals surface area contributed by atoms with E-state index in [1.165, 1.54) is 12.1 Å². The summed E-state index contributed by atoms with van der Waals surface area (Å²) in [5.74, 6) is -0.926. The lowest BCUT2D eigenvalue weighted by Gasteiger charge is -2.32. The molecule has 1 N–H and O–H groups in total. The van der Waals surface area contributed by atoms with Gasteiger partial charge in [0.1, 0.15) is 11.6 Å². The molecule has 2 aromatic heterocycles. The minimum Gasteiger partial charge on any atom is -0.352 e. The van der Waals surface area contributed by atoms with E-state index in [1.54, 1.807) is 0 Å². The van der Waals surface area contributed by atoms with Gasteiger partial charge in [-0.3, -0.25) is 9.20 Å². The van der Waals surface area contributed by atoms with Crippen LogP contribution in [0.25, 0.3) is 5.65 Å². The number of nitrogens with one attached hydrogen (secondary N) is 1. The van der Waals surface area contributed by atoms with Crippen molar-refractivity contribution < 1.29 is 13.6 Å². The maximum atomic E-state index is 13.8. The van der Waals surface area contributed by atoms with Crippen molar-refractivity contribution in [3.63, 3.8) is 0 Å². The summed E-state index contributed by atoms with van der Waals surface area (Å²) >= 11 is 0. The number of aromatic nitrogens is 3. The van der Waals surface area contributed by atoms with Gasteiger partial charge in [0.25, 0.3) is 0 Å². The van der Waals surface area contributed by atoms with Gasteiger partial charge in [-0.25, -0.2) is 8.78 Å². The number of hydrogen-bond acceptors (Lipinski definition) is 4. The standard InChI is InChI=1S/C20H21F2N5O/c1-13-4-2-6-18-24-25-20(27(13)18)26-9-3-5-15(12-26)19(28)23-11-14-7-8-16(21)10-17(14)22/h2,4,6-8,10,15H,3,5,9,11-12H2,1H3,(H,23,28)/t15-/m0/s1. The Hall–Kier alpha value is -3.03. The highest BCUT2D eigenvalue weighted by Gasteiger charge is 2.28. The van der Waals surface area contributed by atoms with Crippen LogP contribution in [-0.4, -0.2) is 33.6 Å². The highest BCUT2D eigenvalue weighted by molar-refractivity contribution is 5.79. The third-order valence-corrected chi connectivity index (χ3v) is 5.15. The Morgan fingerprint density at radius 2 is 2.11 bits per heavy atom. The number of aryl methyl sites for hydroxylation is 1. The van der Waals surface area contributed by atoms with Gasteiger partial charge in [-0.15, -0.1) is 10.2 Å². The van der Waals surface area contributed by atoms with Crippen LogP contribution < -0.4 is 10.2 Å². The number of carbonyl (C=O) groups is 1. The summed E-state index contributed by atoms with van der Waals surface area (Å²) in [4.78, 5) is 14.7. The second-order valence-corrected chi connectivity index (χ2v) is 7.10. The van der Waals surface area contributed by atoms with Crippen LogP contribution >= 0.6 is 0 Å². The molecule has 0 bridgehead atoms. The molecule has 0 saturated carbocycles. The van der Waals surface area contributed by atoms with Gasteiger partial charge < -0.3 is 10.2 Å². The fourth-order valence-electron chi connectivity index (χ4n) is 3.65. The summed E-state index contributed by atoms with van der Waals surface area (Å²) in [6.07, 6.45) is 1.60. The van der Waals surface area contributed by atoms with Crippen LogP contribution in [0.5, 0.6) is 0 Å². The first-order valence-corrected chi connectivity index (χ1v) is 9.30. The smallest absolute Gasteiger partial charge is 0.231 e. The quantitative estimate of drug-likeness (QED) is 0.750. The molecule has 1 atom stereocenters. The average molecular weight is 385 g/mol. The second kappa shape index (κ2) is 7.53. The zero-order valence-electron chi connectivity index (χ0n) is 15.5. The third-order valence-electron chi connectivity index (χ3n) is 5.15. The van der Waals surface area contributed by atoms with Gasteiger partial charge >= 0.3 is 0 Å². The molecule has 1 aliphatic heterocycles. The van der Waals surface area contributed by atoms with Crippen molar-refractivity contribution in [3.8, 4) is 0 Å². The zero-order chi connectivity index (χ0) is 19.7. The lowest BCUT2D eigenvalue weighted by atomic mass is 9.97. The van der Waals surface area contributed by atoms with E-state index in [0.717, 1.165) is 42.7 Å². The van der Waals surface area contributed by atoms with Crippen LogP contribution in [-0.2, 0) is 11.3 Å². The monoisotopic (exact) mass is 385 g/mol. The Labute approximate surface area is 161 Å². The van der Waals surface area contributed by atoms with Crippen molar-refractivity contribution in [1.29, 1.82) is 0 Å². The number of amides is 1. The van der Waals surface area contributed by atoms with Crippen molar-refractivity contribution in [2.24, 2.45) is 5.92 Å². The number of hydrogen-bond donors (Lipinski definition) is 1. The van der Waals surface area contributed by atoms with Gasteiger partial charge in [0.05, 0.1) is 5.92 Å². The van der Waals surface area contributed by atoms with Crippen molar-refractivity contribution in [1.82, 2.24) is 19.9 Å². The fraction of sp³-hybridized carbons (Fsp3) is 0.350. The number of carbonyl (C=O) groups excluding carboxylic acids is 1. The van der Waals surface area contributed by atoms with E-state index in [0.29, 0.717) is 6.54 Å². The predicted octanol–water partition coefficient (Wildman–Crippen LogP) is 2.85. The van der Waals surface area contributed by atoms with Gasteiger partial charge in [0.2, 0.25) is 11.9 Å². The molecule has 0 spiro atoms. The third kappa shape index (κ3) is 3.54. The molecule has 28 heavy (non-hydrogen) atoms. The molecule has 8 heteroatoms. The Morgan fingerprint density at radius 1 is 1.25 bits per heavy atom. The molecule has 0 radical (unpaired) electrons. The summed E-state index contributed by atoms with van der Waals surface area (Å²) in [5, 5.41) is 11.3. The lowest BCUT2D eigenvalue weighted by molar-refractivity contribution is -0.125. The molecule has 4 rings (SSSR count). The normalized spacial score (nSPS) is 17.1. The summed E-state index contributed by atoms with van der Waals surface area (Å²) in [5.41, 5.74) is 2.06. The summed E-state index contributed by atoms with van der Waals surface area (Å²) in [6.45, 7) is 3.35. The Balaban J connectivity index is 1.45. The minimum absolute atomic E-state index is 0.0361. The molecule has 0 unspecified atom stereocenters. The van der Waals surface area contributed by atoms with Crippen molar-refractivity contribution in [2.75, 3.05) is 18.0 Å². The van der Waals surface area contributed by atoms with E-state index in [2.05, 4.69) is 20.4 Å². The van der Waals surface area contributed by atoms with Crippen LogP contribution in [0, 0.1) is 24.5 Å². The van der Waals surface area contributed by atoms with E-state index in [-0.39, 0.29) is 23.9 Å². The van der Waals surface area contributed by atoms with Crippen LogP contribution in [0.15, 0.2) is 36.4 Å². The summed E-state index contributed by atoms with van der Waals surface area (Å²) < 4.78 is 28.7. The van der Waals surface area contributed by atoms with Crippen LogP contribution in [0.1, 0.15) is 24.1 Å². The van der Waals surface area contributed by atoms with Crippen LogP contribution in [0.3, 0.4) is 0 Å². The molecule has 146 valence electrons. The van der Waals surface area contributed by atoms with E-state index in [1.807, 2.05) is 29.5 Å². The van der Waals surface area contributed by atoms with Crippen LogP contribution in [0.2, 0.25) is 0 Å². The largest absolute Gasteiger partial charge is 0.352 e. The molecule has 3 heterocycles. The Kier molecular flexibility index (Phi) is 4.93. The Morgan fingerprint density at radius 3 is 2.93 bits per heavy atom. The van der Waals surface area contributed by atoms with Gasteiger partial charge in [0, 0.05) is 37.0 Å². The molecule has 0 aliphatic carbocycles. The average Bonchev–Trinajstić information content (AvgIpc) is 3.13. The molecular formula is C20H21F2N5O. The highest BCUT2D eigenvalue weighted by Crippen LogP contribution is 2.23. The van der Waals surface area contributed by atoms with Crippen LogP contribution in [0.4, 0.5) is 14.7 Å². The van der Waals surface area contributed by atoms with Gasteiger partial charge in [0.15, 0.2) is 5.65 Å². The highest BCUT2D eigenvalue weighted by atomic mass is 19.1. The molecule has 6 nitrogen and oxygen atoms in total. The molecule has 1 saturated heterocycles. The SMILES string of the molecule is Cc1cccc2nnc(N3CCC[C@H](C(=O)NCc4ccc(F)cc4F)C3)n12. The molecule has 3 aromatic rings. The number of halogens is 2. The number of pyridine rings is 1. The number of piperidine rings is 1. The molecule has 1 aromatic carbocycles. The number of nitrogens with zero attached hydrogens (tertiary/aromatic N) is 4. The Bertz CT molecular complexity index is 1020. The maximum absolute atomic E-state index is 13.8. The van der Waals surface area contributed by atoms with Gasteiger partial charge in [-0.05, 0) is 38.0 Å². The number of anilines is 1. The van der Waals surface area contributed by atoms with E-state index in [9.17, 15) is 13.6 Å². The number of benzene rings is 1. The number of fused-ring (bicyclic) bond motifs is 1. The maximum Gasteiger partial charge on any atom is 0.231 e. The van der Waals surface area contributed by atoms with E-state index in [4.69, 9.17) is 0 Å². The van der Waals surface area contributed by atoms with E-state index < -0.39 is 11.6 Å². The first kappa shape index (κ1) is 18.3. The lowest BCUT2D eigenvalue weighted by Crippen LogP contribution is -2.43. The molecular weight excluding hydrogens is 364 g/mol. The topological polar surface area (TPSA) is 62.5 Å². The molecule has 1 aliphatic rings. The minimum atomic E-state index is -0.657. The fourth-order valence-corrected chi connectivity index (χ4v) is 3.65. The van der Waals surface area contributed by atoms with E-state index >= 15 is 0 Å². The molecule has 1 amide bonds. The number of rotatable bonds is 4. The van der Waals surface area contributed by atoms with Gasteiger partial charge in [-0.2, -0.15) is 0 Å². The second-order valence-electron chi connectivity index (χ2n) is 7.10. The van der Waals surface area contributed by atoms with Crippen molar-refractivity contribution >= 4 is 17.5 Å². The zero-order valence-corrected chi connectivity index (χ0v) is 15.5. The predicted molar refractivity (Wildman–Crippen MR) is 101 cm³/mol. The first-order chi connectivity index (χ1) is 13.5. The summed E-state index contributed by atoms with van der Waals surface area (Å²) in [6, 6.07) is 9.18. The van der Waals surface area contributed by atoms with Crippen molar-refractivity contribution in [2.45, 2.75) is 26.3 Å².